The maximum absolute atomic E-state index is 12.2. The molecule has 1 aromatic rings. The molecule has 2 aliphatic rings. The van der Waals surface area contributed by atoms with Gasteiger partial charge in [-0.3, -0.25) is 0 Å². The van der Waals surface area contributed by atoms with Crippen LogP contribution in [0.4, 0.5) is 0 Å². The lowest BCUT2D eigenvalue weighted by Crippen LogP contribution is -2.31. The van der Waals surface area contributed by atoms with Crippen molar-refractivity contribution in [3.8, 4) is 11.5 Å². The normalized spacial score (nSPS) is 17.6. The molecule has 0 saturated heterocycles. The topological polar surface area (TPSA) is 56.8 Å². The number of hydrogen-bond donors (Lipinski definition) is 1. The highest BCUT2D eigenvalue weighted by molar-refractivity contribution is 6.32. The van der Waals surface area contributed by atoms with Gasteiger partial charge in [-0.05, 0) is 49.9 Å². The Bertz CT molecular complexity index is 545. The van der Waals surface area contributed by atoms with Crippen molar-refractivity contribution in [1.29, 1.82) is 0 Å². The molecule has 1 atom stereocenters. The maximum Gasteiger partial charge on any atom is 0.327 e. The summed E-state index contributed by atoms with van der Waals surface area (Å²) in [4.78, 5) is 12.2. The van der Waals surface area contributed by atoms with Gasteiger partial charge in [0.25, 0.3) is 0 Å². The molecule has 0 amide bonds. The smallest absolute Gasteiger partial charge is 0.327 e. The van der Waals surface area contributed by atoms with Gasteiger partial charge in [-0.2, -0.15) is 0 Å². The highest BCUT2D eigenvalue weighted by atomic mass is 35.5. The Morgan fingerprint density at radius 2 is 2.29 bits per heavy atom. The lowest BCUT2D eigenvalue weighted by atomic mass is 10.1. The third-order valence-corrected chi connectivity index (χ3v) is 3.89. The molecule has 6 heteroatoms. The number of benzene rings is 1. The molecule has 1 unspecified atom stereocenters. The van der Waals surface area contributed by atoms with Crippen LogP contribution in [0.5, 0.6) is 11.5 Å². The Balaban J connectivity index is 1.83. The van der Waals surface area contributed by atoms with Crippen molar-refractivity contribution in [3.05, 3.63) is 22.7 Å². The number of esters is 1. The van der Waals surface area contributed by atoms with E-state index in [0.29, 0.717) is 29.0 Å². The van der Waals surface area contributed by atoms with Crippen molar-refractivity contribution >= 4 is 17.6 Å². The fourth-order valence-electron chi connectivity index (χ4n) is 2.32. The molecule has 0 spiro atoms. The Labute approximate surface area is 128 Å². The van der Waals surface area contributed by atoms with Crippen LogP contribution in [0.2, 0.25) is 5.02 Å². The summed E-state index contributed by atoms with van der Waals surface area (Å²) in [6.07, 6.45) is 2.43. The molecule has 1 aliphatic heterocycles. The summed E-state index contributed by atoms with van der Waals surface area (Å²) in [6.45, 7) is 3.09. The quantitative estimate of drug-likeness (QED) is 0.819. The second-order valence-corrected chi connectivity index (χ2v) is 5.68. The van der Waals surface area contributed by atoms with Gasteiger partial charge >= 0.3 is 5.97 Å². The SMILES string of the molecule is CCOC(=O)C(NCC1CC1)c1cc(Cl)c2c(c1)OCO2. The maximum atomic E-state index is 12.2. The first-order valence-corrected chi connectivity index (χ1v) is 7.56. The minimum absolute atomic E-state index is 0.151. The molecule has 21 heavy (non-hydrogen) atoms. The van der Waals surface area contributed by atoms with Gasteiger partial charge in [0.1, 0.15) is 6.04 Å². The minimum atomic E-state index is -0.530. The fraction of sp³-hybridized carbons (Fsp3) is 0.533. The molecule has 0 aromatic heterocycles. The molecule has 1 fully saturated rings. The van der Waals surface area contributed by atoms with Gasteiger partial charge in [0.05, 0.1) is 11.6 Å². The molecule has 0 bridgehead atoms. The van der Waals surface area contributed by atoms with Crippen LogP contribution < -0.4 is 14.8 Å². The van der Waals surface area contributed by atoms with Gasteiger partial charge in [0.15, 0.2) is 11.5 Å². The van der Waals surface area contributed by atoms with Crippen molar-refractivity contribution in [2.45, 2.75) is 25.8 Å². The Kier molecular flexibility index (Phi) is 4.22. The van der Waals surface area contributed by atoms with E-state index in [4.69, 9.17) is 25.8 Å². The second kappa shape index (κ2) is 6.12. The van der Waals surface area contributed by atoms with E-state index in [1.54, 1.807) is 19.1 Å². The monoisotopic (exact) mass is 311 g/mol. The Hall–Kier alpha value is -1.46. The summed E-state index contributed by atoms with van der Waals surface area (Å²) in [5.41, 5.74) is 0.739. The lowest BCUT2D eigenvalue weighted by molar-refractivity contribution is -0.145. The summed E-state index contributed by atoms with van der Waals surface area (Å²) >= 11 is 6.19. The van der Waals surface area contributed by atoms with E-state index >= 15 is 0 Å². The van der Waals surface area contributed by atoms with E-state index < -0.39 is 6.04 Å². The average Bonchev–Trinajstić information content (AvgIpc) is 3.15. The molecular formula is C15H18ClNO4. The van der Waals surface area contributed by atoms with Crippen LogP contribution in [-0.2, 0) is 9.53 Å². The van der Waals surface area contributed by atoms with Crippen LogP contribution in [-0.4, -0.2) is 25.9 Å². The highest BCUT2D eigenvalue weighted by Gasteiger charge is 2.29. The number of ether oxygens (including phenoxy) is 3. The van der Waals surface area contributed by atoms with E-state index in [9.17, 15) is 4.79 Å². The molecule has 3 rings (SSSR count). The van der Waals surface area contributed by atoms with Crippen molar-refractivity contribution < 1.29 is 19.0 Å². The predicted octanol–water partition coefficient (Wildman–Crippen LogP) is 2.67. The zero-order valence-electron chi connectivity index (χ0n) is 11.9. The van der Waals surface area contributed by atoms with Crippen LogP contribution in [0, 0.1) is 5.92 Å². The molecule has 0 radical (unpaired) electrons. The summed E-state index contributed by atoms with van der Waals surface area (Å²) < 4.78 is 15.8. The van der Waals surface area contributed by atoms with Crippen LogP contribution in [0.3, 0.4) is 0 Å². The van der Waals surface area contributed by atoms with Gasteiger partial charge in [-0.1, -0.05) is 11.6 Å². The third-order valence-electron chi connectivity index (χ3n) is 3.61. The lowest BCUT2D eigenvalue weighted by Gasteiger charge is -2.18. The summed E-state index contributed by atoms with van der Waals surface area (Å²) in [5.74, 6) is 1.46. The first-order valence-electron chi connectivity index (χ1n) is 7.18. The van der Waals surface area contributed by atoms with E-state index in [2.05, 4.69) is 5.32 Å². The fourth-order valence-corrected chi connectivity index (χ4v) is 2.60. The number of fused-ring (bicyclic) bond motifs is 1. The molecule has 1 saturated carbocycles. The molecule has 1 aromatic carbocycles. The molecule has 114 valence electrons. The van der Waals surface area contributed by atoms with Crippen molar-refractivity contribution in [2.24, 2.45) is 5.92 Å². The predicted molar refractivity (Wildman–Crippen MR) is 77.7 cm³/mol. The van der Waals surface area contributed by atoms with Gasteiger partial charge in [0, 0.05) is 0 Å². The molecular weight excluding hydrogens is 294 g/mol. The molecule has 1 aliphatic carbocycles. The molecule has 5 nitrogen and oxygen atoms in total. The van der Waals surface area contributed by atoms with Gasteiger partial charge in [-0.25, -0.2) is 4.79 Å². The first-order chi connectivity index (χ1) is 10.2. The number of nitrogens with one attached hydrogen (secondary N) is 1. The van der Waals surface area contributed by atoms with Gasteiger partial charge < -0.3 is 19.5 Å². The number of carbonyl (C=O) groups is 1. The Morgan fingerprint density at radius 3 is 3.00 bits per heavy atom. The summed E-state index contributed by atoms with van der Waals surface area (Å²) in [5, 5.41) is 3.72. The van der Waals surface area contributed by atoms with E-state index in [0.717, 1.165) is 12.1 Å². The highest BCUT2D eigenvalue weighted by Crippen LogP contribution is 2.41. The number of hydrogen-bond acceptors (Lipinski definition) is 5. The van der Waals surface area contributed by atoms with Crippen molar-refractivity contribution in [3.63, 3.8) is 0 Å². The summed E-state index contributed by atoms with van der Waals surface area (Å²) in [6, 6.07) is 2.99. The van der Waals surface area contributed by atoms with E-state index in [1.807, 2.05) is 0 Å². The van der Waals surface area contributed by atoms with Crippen LogP contribution in [0.15, 0.2) is 12.1 Å². The van der Waals surface area contributed by atoms with Crippen LogP contribution in [0.25, 0.3) is 0 Å². The second-order valence-electron chi connectivity index (χ2n) is 5.27. The number of rotatable bonds is 6. The molecule has 1 heterocycles. The van der Waals surface area contributed by atoms with E-state index in [1.165, 1.54) is 12.8 Å². The third kappa shape index (κ3) is 3.24. The largest absolute Gasteiger partial charge is 0.465 e. The van der Waals surface area contributed by atoms with Crippen molar-refractivity contribution in [1.82, 2.24) is 5.32 Å². The minimum Gasteiger partial charge on any atom is -0.465 e. The van der Waals surface area contributed by atoms with Crippen molar-refractivity contribution in [2.75, 3.05) is 19.9 Å². The van der Waals surface area contributed by atoms with Crippen LogP contribution in [0.1, 0.15) is 31.4 Å². The Morgan fingerprint density at radius 1 is 1.48 bits per heavy atom. The average molecular weight is 312 g/mol. The summed E-state index contributed by atoms with van der Waals surface area (Å²) in [7, 11) is 0. The number of carbonyl (C=O) groups excluding carboxylic acids is 1. The standard InChI is InChI=1S/C15H18ClNO4/c1-2-19-15(18)13(17-7-9-3-4-9)10-5-11(16)14-12(6-10)20-8-21-14/h5-6,9,13,17H,2-4,7-8H2,1H3. The van der Waals surface area contributed by atoms with E-state index in [-0.39, 0.29) is 12.8 Å². The molecule has 1 N–H and O–H groups in total. The van der Waals surface area contributed by atoms with Gasteiger partial charge in [-0.15, -0.1) is 0 Å². The van der Waals surface area contributed by atoms with Crippen LogP contribution >= 0.6 is 11.6 Å². The first kappa shape index (κ1) is 14.5. The number of halogens is 1. The zero-order chi connectivity index (χ0) is 14.8. The zero-order valence-corrected chi connectivity index (χ0v) is 12.6. The van der Waals surface area contributed by atoms with Gasteiger partial charge in [0.2, 0.25) is 6.79 Å².